The molecule has 1 heterocycles. The van der Waals surface area contributed by atoms with Gasteiger partial charge in [0.25, 0.3) is 0 Å². The van der Waals surface area contributed by atoms with Crippen molar-refractivity contribution in [1.29, 1.82) is 0 Å². The van der Waals surface area contributed by atoms with Crippen molar-refractivity contribution in [2.24, 2.45) is 11.8 Å². The lowest BCUT2D eigenvalue weighted by atomic mass is 9.89. The van der Waals surface area contributed by atoms with Gasteiger partial charge in [0.2, 0.25) is 10.0 Å². The Kier molecular flexibility index (Phi) is 6.47. The number of rotatable bonds is 7. The van der Waals surface area contributed by atoms with Gasteiger partial charge in [-0.1, -0.05) is 45.7 Å². The molecule has 0 radical (unpaired) electrons. The lowest BCUT2D eigenvalue weighted by molar-refractivity contribution is 0.0703. The zero-order valence-electron chi connectivity index (χ0n) is 12.1. The van der Waals surface area contributed by atoms with Crippen LogP contribution in [0, 0.1) is 11.8 Å². The summed E-state index contributed by atoms with van der Waals surface area (Å²) in [5.74, 6) is 0.0150. The number of hydrogen-bond acceptors (Lipinski definition) is 4. The summed E-state index contributed by atoms with van der Waals surface area (Å²) in [5.41, 5.74) is 0. The fraction of sp³-hybridized carbons (Fsp3) is 0.692. The summed E-state index contributed by atoms with van der Waals surface area (Å²) in [5, 5.41) is 10.3. The van der Waals surface area contributed by atoms with Crippen LogP contribution in [0.2, 0.25) is 4.34 Å². The highest BCUT2D eigenvalue weighted by Crippen LogP contribution is 2.27. The standard InChI is InChI=1S/C13H22ClNO3S2/c1-5-9(4)12(13(16)8(2)3)15-20(17,18)11-7-6-10(14)19-11/h6-9,12-13,15-16H,5H2,1-4H3/t9-,12-,13?/m0/s1. The van der Waals surface area contributed by atoms with Gasteiger partial charge < -0.3 is 5.11 Å². The summed E-state index contributed by atoms with van der Waals surface area (Å²) in [4.78, 5) is 0. The molecule has 3 atom stereocenters. The van der Waals surface area contributed by atoms with Gasteiger partial charge in [-0.25, -0.2) is 13.1 Å². The summed E-state index contributed by atoms with van der Waals surface area (Å²) in [7, 11) is -3.65. The van der Waals surface area contributed by atoms with Crippen LogP contribution in [0.4, 0.5) is 0 Å². The van der Waals surface area contributed by atoms with E-state index in [9.17, 15) is 13.5 Å². The van der Waals surface area contributed by atoms with Gasteiger partial charge in [-0.05, 0) is 24.0 Å². The van der Waals surface area contributed by atoms with Crippen molar-refractivity contribution in [3.05, 3.63) is 16.5 Å². The third-order valence-electron chi connectivity index (χ3n) is 3.41. The predicted molar refractivity (Wildman–Crippen MR) is 83.7 cm³/mol. The second-order valence-electron chi connectivity index (χ2n) is 5.33. The average molecular weight is 340 g/mol. The smallest absolute Gasteiger partial charge is 0.250 e. The molecule has 1 aromatic rings. The van der Waals surface area contributed by atoms with Crippen molar-refractivity contribution in [2.45, 2.75) is 50.5 Å². The van der Waals surface area contributed by atoms with Gasteiger partial charge in [-0.15, -0.1) is 11.3 Å². The van der Waals surface area contributed by atoms with E-state index in [1.807, 2.05) is 27.7 Å². The average Bonchev–Trinajstić information content (AvgIpc) is 2.81. The Morgan fingerprint density at radius 1 is 1.35 bits per heavy atom. The summed E-state index contributed by atoms with van der Waals surface area (Å²) >= 11 is 6.79. The number of aliphatic hydroxyl groups excluding tert-OH is 1. The molecule has 116 valence electrons. The number of aliphatic hydroxyl groups is 1. The van der Waals surface area contributed by atoms with Crippen LogP contribution in [-0.2, 0) is 10.0 Å². The van der Waals surface area contributed by atoms with Gasteiger partial charge in [0.15, 0.2) is 0 Å². The number of halogens is 1. The topological polar surface area (TPSA) is 66.4 Å². The Bertz CT molecular complexity index is 527. The summed E-state index contributed by atoms with van der Waals surface area (Å²) in [6.45, 7) is 7.65. The van der Waals surface area contributed by atoms with E-state index in [4.69, 9.17) is 11.6 Å². The van der Waals surface area contributed by atoms with Crippen molar-refractivity contribution in [2.75, 3.05) is 0 Å². The number of hydrogen-bond donors (Lipinski definition) is 2. The van der Waals surface area contributed by atoms with E-state index >= 15 is 0 Å². The van der Waals surface area contributed by atoms with Crippen LogP contribution in [0.25, 0.3) is 0 Å². The van der Waals surface area contributed by atoms with Gasteiger partial charge in [-0.2, -0.15) is 0 Å². The summed E-state index contributed by atoms with van der Waals surface area (Å²) in [6.07, 6.45) is 0.0532. The van der Waals surface area contributed by atoms with E-state index in [0.717, 1.165) is 17.8 Å². The van der Waals surface area contributed by atoms with Crippen LogP contribution in [-0.4, -0.2) is 25.7 Å². The van der Waals surface area contributed by atoms with E-state index < -0.39 is 22.2 Å². The highest BCUT2D eigenvalue weighted by atomic mass is 35.5. The highest BCUT2D eigenvalue weighted by Gasteiger charge is 2.31. The third kappa shape index (κ3) is 4.43. The summed E-state index contributed by atoms with van der Waals surface area (Å²) < 4.78 is 27.9. The first-order chi connectivity index (χ1) is 9.19. The molecule has 0 aliphatic heterocycles. The molecule has 1 rings (SSSR count). The molecule has 0 saturated heterocycles. The minimum absolute atomic E-state index is 0.0244. The van der Waals surface area contributed by atoms with Gasteiger partial charge in [0, 0.05) is 0 Å². The molecular weight excluding hydrogens is 318 g/mol. The van der Waals surface area contributed by atoms with Gasteiger partial charge in [0.05, 0.1) is 16.5 Å². The van der Waals surface area contributed by atoms with Crippen LogP contribution >= 0.6 is 22.9 Å². The molecule has 0 spiro atoms. The Labute approximate surface area is 130 Å². The molecule has 4 nitrogen and oxygen atoms in total. The fourth-order valence-corrected chi connectivity index (χ4v) is 4.73. The molecule has 1 unspecified atom stereocenters. The molecule has 0 aliphatic rings. The second kappa shape index (κ2) is 7.22. The molecule has 0 amide bonds. The Hall–Kier alpha value is -0.140. The van der Waals surface area contributed by atoms with E-state index in [1.54, 1.807) is 6.07 Å². The minimum Gasteiger partial charge on any atom is -0.391 e. The molecule has 7 heteroatoms. The molecule has 20 heavy (non-hydrogen) atoms. The molecule has 0 bridgehead atoms. The maximum atomic E-state index is 12.3. The molecule has 0 aromatic carbocycles. The van der Waals surface area contributed by atoms with E-state index in [-0.39, 0.29) is 16.0 Å². The zero-order valence-corrected chi connectivity index (χ0v) is 14.5. The number of nitrogens with one attached hydrogen (secondary N) is 1. The van der Waals surface area contributed by atoms with Crippen molar-refractivity contribution in [1.82, 2.24) is 4.72 Å². The SMILES string of the molecule is CC[C@H](C)[C@H](NS(=O)(=O)c1ccc(Cl)s1)C(O)C(C)C. The van der Waals surface area contributed by atoms with Crippen LogP contribution < -0.4 is 4.72 Å². The Morgan fingerprint density at radius 2 is 1.95 bits per heavy atom. The van der Waals surface area contributed by atoms with E-state index in [1.165, 1.54) is 6.07 Å². The quantitative estimate of drug-likeness (QED) is 0.802. The lowest BCUT2D eigenvalue weighted by Gasteiger charge is -2.30. The number of thiophene rings is 1. The molecule has 0 saturated carbocycles. The molecule has 0 fully saturated rings. The molecular formula is C13H22ClNO3S2. The van der Waals surface area contributed by atoms with Gasteiger partial charge in [-0.3, -0.25) is 0 Å². The van der Waals surface area contributed by atoms with Gasteiger partial charge >= 0.3 is 0 Å². The van der Waals surface area contributed by atoms with Crippen molar-refractivity contribution in [3.8, 4) is 0 Å². The lowest BCUT2D eigenvalue weighted by Crippen LogP contribution is -2.49. The maximum absolute atomic E-state index is 12.3. The van der Waals surface area contributed by atoms with Crippen LogP contribution in [0.1, 0.15) is 34.1 Å². The molecule has 2 N–H and O–H groups in total. The molecule has 1 aromatic heterocycles. The van der Waals surface area contributed by atoms with Gasteiger partial charge in [0.1, 0.15) is 4.21 Å². The monoisotopic (exact) mass is 339 g/mol. The van der Waals surface area contributed by atoms with Crippen LogP contribution in [0.5, 0.6) is 0 Å². The van der Waals surface area contributed by atoms with E-state index in [0.29, 0.717) is 4.34 Å². The second-order valence-corrected chi connectivity index (χ2v) is 8.98. The fourth-order valence-electron chi connectivity index (χ4n) is 1.87. The Morgan fingerprint density at radius 3 is 2.35 bits per heavy atom. The first kappa shape index (κ1) is 17.9. The van der Waals surface area contributed by atoms with E-state index in [2.05, 4.69) is 4.72 Å². The third-order valence-corrected chi connectivity index (χ3v) is 6.59. The maximum Gasteiger partial charge on any atom is 0.250 e. The van der Waals surface area contributed by atoms with Crippen molar-refractivity contribution in [3.63, 3.8) is 0 Å². The number of sulfonamides is 1. The van der Waals surface area contributed by atoms with Crippen molar-refractivity contribution >= 4 is 33.0 Å². The minimum atomic E-state index is -3.65. The van der Waals surface area contributed by atoms with Crippen molar-refractivity contribution < 1.29 is 13.5 Å². The molecule has 0 aliphatic carbocycles. The highest BCUT2D eigenvalue weighted by molar-refractivity contribution is 7.91. The zero-order chi connectivity index (χ0) is 15.5. The Balaban J connectivity index is 3.00. The van der Waals surface area contributed by atoms with Crippen LogP contribution in [0.15, 0.2) is 16.3 Å². The largest absolute Gasteiger partial charge is 0.391 e. The van der Waals surface area contributed by atoms with Crippen LogP contribution in [0.3, 0.4) is 0 Å². The first-order valence-corrected chi connectivity index (χ1v) is 9.32. The predicted octanol–water partition coefficient (Wildman–Crippen LogP) is 3.11. The first-order valence-electron chi connectivity index (χ1n) is 6.64. The summed E-state index contributed by atoms with van der Waals surface area (Å²) in [6, 6.07) is 2.52. The normalized spacial score (nSPS) is 17.1.